The molecule has 0 spiro atoms. The molecule has 1 fully saturated rings. The molecule has 2 aliphatic rings. The summed E-state index contributed by atoms with van der Waals surface area (Å²) in [4.78, 5) is 33.8. The number of nitrogens with zero attached hydrogens (tertiary/aromatic N) is 3. The molecule has 0 bridgehead atoms. The van der Waals surface area contributed by atoms with Crippen molar-refractivity contribution < 1.29 is 9.59 Å². The van der Waals surface area contributed by atoms with Gasteiger partial charge in [0.2, 0.25) is 17.8 Å². The van der Waals surface area contributed by atoms with Crippen LogP contribution < -0.4 is 10.2 Å². The second-order valence-electron chi connectivity index (χ2n) is 6.48. The third-order valence-corrected chi connectivity index (χ3v) is 5.35. The lowest BCUT2D eigenvalue weighted by Gasteiger charge is -2.44. The van der Waals surface area contributed by atoms with E-state index in [4.69, 9.17) is 11.6 Å². The lowest BCUT2D eigenvalue weighted by Crippen LogP contribution is -2.67. The fourth-order valence-corrected chi connectivity index (χ4v) is 3.67. The van der Waals surface area contributed by atoms with Gasteiger partial charge in [-0.15, -0.1) is 0 Å². The Morgan fingerprint density at radius 1 is 1.28 bits per heavy atom. The average molecular weight is 363 g/mol. The summed E-state index contributed by atoms with van der Waals surface area (Å²) in [7, 11) is 0. The number of unbranched alkanes of at least 4 members (excludes halogenated alkanes) is 1. The van der Waals surface area contributed by atoms with E-state index in [0.717, 1.165) is 18.5 Å². The minimum absolute atomic E-state index is 0.164. The van der Waals surface area contributed by atoms with Crippen molar-refractivity contribution in [3.05, 3.63) is 29.3 Å². The minimum Gasteiger partial charge on any atom is -0.332 e. The lowest BCUT2D eigenvalue weighted by molar-refractivity contribution is -0.151. The highest BCUT2D eigenvalue weighted by Crippen LogP contribution is 2.36. The van der Waals surface area contributed by atoms with Crippen molar-refractivity contribution in [2.24, 2.45) is 10.4 Å². The first-order chi connectivity index (χ1) is 12.0. The normalized spacial score (nSPS) is 23.2. The highest BCUT2D eigenvalue weighted by atomic mass is 35.5. The fourth-order valence-electron chi connectivity index (χ4n) is 3.41. The number of carbonyl (C=O) groups excluding carboxylic acids is 2. The van der Waals surface area contributed by atoms with Gasteiger partial charge < -0.3 is 4.90 Å². The van der Waals surface area contributed by atoms with Crippen LogP contribution in [0.2, 0.25) is 5.02 Å². The van der Waals surface area contributed by atoms with Crippen molar-refractivity contribution in [1.29, 1.82) is 0 Å². The van der Waals surface area contributed by atoms with Crippen LogP contribution in [0.3, 0.4) is 0 Å². The Balaban J connectivity index is 1.90. The number of halogens is 1. The molecule has 2 amide bonds. The molecule has 6 nitrogen and oxygen atoms in total. The molecule has 7 heteroatoms. The van der Waals surface area contributed by atoms with Gasteiger partial charge in [-0.25, -0.2) is 4.99 Å². The van der Waals surface area contributed by atoms with Gasteiger partial charge in [0.1, 0.15) is 18.8 Å². The molecule has 1 saturated heterocycles. The second kappa shape index (κ2) is 7.04. The van der Waals surface area contributed by atoms with Crippen molar-refractivity contribution in [2.45, 2.75) is 39.5 Å². The SMILES string of the molecule is CCCCC1(CC)C(=O)NC2=NCN(c3ccccc3Cl)CN2C1=O. The second-order valence-corrected chi connectivity index (χ2v) is 6.89. The largest absolute Gasteiger partial charge is 0.332 e. The van der Waals surface area contributed by atoms with Crippen LogP contribution >= 0.6 is 11.6 Å². The van der Waals surface area contributed by atoms with Crippen molar-refractivity contribution in [3.63, 3.8) is 0 Å². The predicted molar refractivity (Wildman–Crippen MR) is 98.3 cm³/mol. The van der Waals surface area contributed by atoms with Crippen molar-refractivity contribution in [1.82, 2.24) is 10.2 Å². The Labute approximate surface area is 152 Å². The van der Waals surface area contributed by atoms with Crippen molar-refractivity contribution in [2.75, 3.05) is 18.2 Å². The van der Waals surface area contributed by atoms with Gasteiger partial charge >= 0.3 is 0 Å². The van der Waals surface area contributed by atoms with Gasteiger partial charge in [0, 0.05) is 0 Å². The van der Waals surface area contributed by atoms with Gasteiger partial charge in [-0.1, -0.05) is 50.4 Å². The summed E-state index contributed by atoms with van der Waals surface area (Å²) in [5.74, 6) is -0.0452. The smallest absolute Gasteiger partial charge is 0.246 e. The van der Waals surface area contributed by atoms with Crippen LogP contribution in [-0.4, -0.2) is 36.0 Å². The monoisotopic (exact) mass is 362 g/mol. The molecule has 1 aromatic carbocycles. The van der Waals surface area contributed by atoms with Crippen LogP contribution in [-0.2, 0) is 9.59 Å². The van der Waals surface area contributed by atoms with Gasteiger partial charge in [-0.05, 0) is 25.0 Å². The zero-order valence-electron chi connectivity index (χ0n) is 14.6. The molecule has 0 aromatic heterocycles. The molecule has 0 radical (unpaired) electrons. The maximum absolute atomic E-state index is 13.2. The first kappa shape index (κ1) is 17.7. The zero-order chi connectivity index (χ0) is 18.0. The molecule has 1 unspecified atom stereocenters. The number of benzene rings is 1. The average Bonchev–Trinajstić information content (AvgIpc) is 2.62. The minimum atomic E-state index is -1.00. The molecule has 25 heavy (non-hydrogen) atoms. The molecule has 134 valence electrons. The van der Waals surface area contributed by atoms with E-state index >= 15 is 0 Å². The Hall–Kier alpha value is -2.08. The van der Waals surface area contributed by atoms with Crippen molar-refractivity contribution in [3.8, 4) is 0 Å². The summed E-state index contributed by atoms with van der Waals surface area (Å²) in [6.45, 7) is 4.62. The van der Waals surface area contributed by atoms with Crippen LogP contribution in [0.25, 0.3) is 0 Å². The molecule has 0 aliphatic carbocycles. The topological polar surface area (TPSA) is 65.0 Å². The standard InChI is InChI=1S/C18H23ClN4O2/c1-3-5-10-18(4-2)15(24)21-17-20-11-22(12-23(17)16(18)25)14-9-7-6-8-13(14)19/h6-9H,3-5,10-12H2,1-2H3,(H,20,21,24). The zero-order valence-corrected chi connectivity index (χ0v) is 15.3. The summed E-state index contributed by atoms with van der Waals surface area (Å²) >= 11 is 6.28. The molecule has 3 rings (SSSR count). The van der Waals surface area contributed by atoms with E-state index < -0.39 is 5.41 Å². The van der Waals surface area contributed by atoms with Crippen LogP contribution in [0, 0.1) is 5.41 Å². The van der Waals surface area contributed by atoms with Gasteiger partial charge in [-0.3, -0.25) is 19.8 Å². The number of anilines is 1. The van der Waals surface area contributed by atoms with E-state index in [0.29, 0.717) is 37.2 Å². The summed E-state index contributed by atoms with van der Waals surface area (Å²) in [6.07, 6.45) is 2.81. The van der Waals surface area contributed by atoms with Crippen molar-refractivity contribution >= 4 is 35.1 Å². The lowest BCUT2D eigenvalue weighted by atomic mass is 9.76. The van der Waals surface area contributed by atoms with E-state index in [1.807, 2.05) is 36.1 Å². The number of rotatable bonds is 5. The number of nitrogens with one attached hydrogen (secondary N) is 1. The van der Waals surface area contributed by atoms with Gasteiger partial charge in [0.15, 0.2) is 0 Å². The number of hydrogen-bond acceptors (Lipinski definition) is 4. The van der Waals surface area contributed by atoms with Crippen LogP contribution in [0.4, 0.5) is 5.69 Å². The number of para-hydroxylation sites is 1. The molecular formula is C18H23ClN4O2. The molecule has 1 N–H and O–H groups in total. The fraction of sp³-hybridized carbons (Fsp3) is 0.500. The third-order valence-electron chi connectivity index (χ3n) is 5.03. The Bertz CT molecular complexity index is 721. The molecular weight excluding hydrogens is 340 g/mol. The summed E-state index contributed by atoms with van der Waals surface area (Å²) in [5.41, 5.74) is -0.175. The Morgan fingerprint density at radius 2 is 2.04 bits per heavy atom. The highest BCUT2D eigenvalue weighted by Gasteiger charge is 2.52. The molecule has 1 atom stereocenters. The highest BCUT2D eigenvalue weighted by molar-refractivity contribution is 6.33. The first-order valence-electron chi connectivity index (χ1n) is 8.71. The molecule has 1 aromatic rings. The molecule has 2 aliphatic heterocycles. The number of guanidine groups is 1. The van der Waals surface area contributed by atoms with E-state index in [9.17, 15) is 9.59 Å². The summed E-state index contributed by atoms with van der Waals surface area (Å²) in [5, 5.41) is 3.46. The first-order valence-corrected chi connectivity index (χ1v) is 9.08. The number of fused-ring (bicyclic) bond motifs is 1. The summed E-state index contributed by atoms with van der Waals surface area (Å²) < 4.78 is 0. The number of amides is 2. The maximum atomic E-state index is 13.2. The molecule has 0 saturated carbocycles. The maximum Gasteiger partial charge on any atom is 0.246 e. The number of aliphatic imine (C=N–C) groups is 1. The van der Waals surface area contributed by atoms with Gasteiger partial charge in [0.05, 0.1) is 10.7 Å². The quantitative estimate of drug-likeness (QED) is 0.819. The Kier molecular flexibility index (Phi) is 4.99. The van der Waals surface area contributed by atoms with Crippen LogP contribution in [0.5, 0.6) is 0 Å². The van der Waals surface area contributed by atoms with E-state index in [2.05, 4.69) is 17.2 Å². The van der Waals surface area contributed by atoms with E-state index in [-0.39, 0.29) is 11.8 Å². The third kappa shape index (κ3) is 2.99. The number of hydrogen-bond donors (Lipinski definition) is 1. The van der Waals surface area contributed by atoms with E-state index in [1.165, 1.54) is 0 Å². The Morgan fingerprint density at radius 3 is 2.72 bits per heavy atom. The van der Waals surface area contributed by atoms with E-state index in [1.54, 1.807) is 4.90 Å². The summed E-state index contributed by atoms with van der Waals surface area (Å²) in [6, 6.07) is 7.48. The number of carbonyl (C=O) groups is 2. The van der Waals surface area contributed by atoms with Gasteiger partial charge in [-0.2, -0.15) is 0 Å². The van der Waals surface area contributed by atoms with Gasteiger partial charge in [0.25, 0.3) is 0 Å². The van der Waals surface area contributed by atoms with Crippen LogP contribution in [0.1, 0.15) is 39.5 Å². The van der Waals surface area contributed by atoms with Crippen LogP contribution in [0.15, 0.2) is 29.3 Å². The predicted octanol–water partition coefficient (Wildman–Crippen LogP) is 2.98. The molecule has 2 heterocycles.